The molecule has 0 radical (unpaired) electrons. The van der Waals surface area contributed by atoms with Crippen LogP contribution in [0.15, 0.2) is 17.8 Å². The molecule has 0 spiro atoms. The first-order valence-corrected chi connectivity index (χ1v) is 5.97. The molecule has 80 valence electrons. The van der Waals surface area contributed by atoms with E-state index in [0.29, 0.717) is 18.8 Å². The fourth-order valence-electron chi connectivity index (χ4n) is 1.79. The highest BCUT2D eigenvalue weighted by Gasteiger charge is 2.26. The molecule has 0 aliphatic heterocycles. The van der Waals surface area contributed by atoms with Crippen molar-refractivity contribution in [3.8, 4) is 0 Å². The van der Waals surface area contributed by atoms with Crippen LogP contribution in [-0.4, -0.2) is 21.5 Å². The standard InChI is InChI=1S/C10H13N3OS/c11-7-3-9(4-7)14-6-8-5-13-1-2-15-10(13)12-8/h1-2,5,7,9H,3-4,6,11H2. The van der Waals surface area contributed by atoms with Crippen molar-refractivity contribution in [2.75, 3.05) is 0 Å². The van der Waals surface area contributed by atoms with Gasteiger partial charge in [0.1, 0.15) is 0 Å². The molecule has 1 aliphatic rings. The van der Waals surface area contributed by atoms with Gasteiger partial charge in [0.25, 0.3) is 0 Å². The predicted molar refractivity (Wildman–Crippen MR) is 58.9 cm³/mol. The van der Waals surface area contributed by atoms with Gasteiger partial charge >= 0.3 is 0 Å². The smallest absolute Gasteiger partial charge is 0.193 e. The Balaban J connectivity index is 1.61. The van der Waals surface area contributed by atoms with Crippen molar-refractivity contribution in [1.29, 1.82) is 0 Å². The summed E-state index contributed by atoms with van der Waals surface area (Å²) in [6, 6.07) is 0.348. The second kappa shape index (κ2) is 3.59. The molecular formula is C10H13N3OS. The van der Waals surface area contributed by atoms with E-state index >= 15 is 0 Å². The van der Waals surface area contributed by atoms with Gasteiger partial charge in [-0.2, -0.15) is 0 Å². The van der Waals surface area contributed by atoms with Gasteiger partial charge in [-0.25, -0.2) is 4.98 Å². The largest absolute Gasteiger partial charge is 0.372 e. The maximum atomic E-state index is 5.68. The summed E-state index contributed by atoms with van der Waals surface area (Å²) >= 11 is 1.64. The number of imidazole rings is 1. The van der Waals surface area contributed by atoms with Crippen molar-refractivity contribution in [3.63, 3.8) is 0 Å². The Hall–Kier alpha value is -0.910. The molecule has 4 nitrogen and oxygen atoms in total. The molecule has 0 aromatic carbocycles. The van der Waals surface area contributed by atoms with Crippen LogP contribution in [0.5, 0.6) is 0 Å². The normalized spacial score (nSPS) is 25.7. The van der Waals surface area contributed by atoms with Crippen LogP contribution in [0, 0.1) is 0 Å². The van der Waals surface area contributed by atoms with Crippen LogP contribution < -0.4 is 5.73 Å². The van der Waals surface area contributed by atoms with Gasteiger partial charge < -0.3 is 10.5 Å². The number of thiazole rings is 1. The van der Waals surface area contributed by atoms with Crippen LogP contribution >= 0.6 is 11.3 Å². The molecule has 0 bridgehead atoms. The van der Waals surface area contributed by atoms with Crippen LogP contribution in [0.25, 0.3) is 4.96 Å². The zero-order valence-corrected chi connectivity index (χ0v) is 9.11. The Morgan fingerprint density at radius 2 is 2.47 bits per heavy atom. The van der Waals surface area contributed by atoms with Gasteiger partial charge in [0.15, 0.2) is 4.96 Å². The minimum absolute atomic E-state index is 0.347. The number of aromatic nitrogens is 2. The predicted octanol–water partition coefficient (Wildman–Crippen LogP) is 1.40. The Morgan fingerprint density at radius 1 is 1.60 bits per heavy atom. The Morgan fingerprint density at radius 3 is 3.20 bits per heavy atom. The van der Waals surface area contributed by atoms with E-state index in [2.05, 4.69) is 4.98 Å². The molecule has 1 aliphatic carbocycles. The van der Waals surface area contributed by atoms with E-state index in [9.17, 15) is 0 Å². The Labute approximate surface area is 91.7 Å². The molecule has 2 heterocycles. The molecular weight excluding hydrogens is 210 g/mol. The highest BCUT2D eigenvalue weighted by atomic mass is 32.1. The van der Waals surface area contributed by atoms with Gasteiger partial charge in [0, 0.05) is 23.8 Å². The maximum absolute atomic E-state index is 5.68. The summed E-state index contributed by atoms with van der Waals surface area (Å²) in [7, 11) is 0. The molecule has 1 fully saturated rings. The minimum atomic E-state index is 0.347. The number of nitrogens with zero attached hydrogens (tertiary/aromatic N) is 2. The summed E-state index contributed by atoms with van der Waals surface area (Å²) in [4.78, 5) is 5.47. The topological polar surface area (TPSA) is 52.5 Å². The number of nitrogens with two attached hydrogens (primary N) is 1. The number of ether oxygens (including phenoxy) is 1. The monoisotopic (exact) mass is 223 g/mol. The Kier molecular flexibility index (Phi) is 2.23. The molecule has 0 amide bonds. The van der Waals surface area contributed by atoms with E-state index < -0.39 is 0 Å². The lowest BCUT2D eigenvalue weighted by Gasteiger charge is -2.31. The van der Waals surface area contributed by atoms with E-state index in [0.717, 1.165) is 23.5 Å². The van der Waals surface area contributed by atoms with Crippen molar-refractivity contribution >= 4 is 16.3 Å². The van der Waals surface area contributed by atoms with Crippen LogP contribution in [0.4, 0.5) is 0 Å². The molecule has 5 heteroatoms. The highest BCUT2D eigenvalue weighted by Crippen LogP contribution is 2.22. The van der Waals surface area contributed by atoms with Crippen LogP contribution in [0.3, 0.4) is 0 Å². The molecule has 1 saturated carbocycles. The average molecular weight is 223 g/mol. The molecule has 0 unspecified atom stereocenters. The number of rotatable bonds is 3. The third-order valence-electron chi connectivity index (χ3n) is 2.74. The average Bonchev–Trinajstić information content (AvgIpc) is 2.69. The van der Waals surface area contributed by atoms with Gasteiger partial charge in [0.05, 0.1) is 18.4 Å². The summed E-state index contributed by atoms with van der Waals surface area (Å²) in [6.45, 7) is 0.603. The molecule has 15 heavy (non-hydrogen) atoms. The quantitative estimate of drug-likeness (QED) is 0.855. The summed E-state index contributed by atoms with van der Waals surface area (Å²) in [5.41, 5.74) is 6.69. The molecule has 2 aromatic heterocycles. The second-order valence-corrected chi connectivity index (χ2v) is 4.86. The van der Waals surface area contributed by atoms with Crippen LogP contribution in [0.2, 0.25) is 0 Å². The van der Waals surface area contributed by atoms with Crippen LogP contribution in [0.1, 0.15) is 18.5 Å². The first kappa shape index (κ1) is 9.33. The van der Waals surface area contributed by atoms with Crippen LogP contribution in [-0.2, 0) is 11.3 Å². The molecule has 0 atom stereocenters. The van der Waals surface area contributed by atoms with Crippen molar-refractivity contribution in [2.45, 2.75) is 31.6 Å². The first-order chi connectivity index (χ1) is 7.31. The second-order valence-electron chi connectivity index (χ2n) is 3.99. The van der Waals surface area contributed by atoms with E-state index in [1.54, 1.807) is 11.3 Å². The van der Waals surface area contributed by atoms with Gasteiger partial charge in [0.2, 0.25) is 0 Å². The van der Waals surface area contributed by atoms with E-state index in [-0.39, 0.29) is 0 Å². The first-order valence-electron chi connectivity index (χ1n) is 5.09. The summed E-state index contributed by atoms with van der Waals surface area (Å²) in [6.07, 6.45) is 6.35. The van der Waals surface area contributed by atoms with Crippen molar-refractivity contribution < 1.29 is 4.74 Å². The Bertz CT molecular complexity index is 429. The lowest BCUT2D eigenvalue weighted by atomic mass is 9.90. The number of hydrogen-bond acceptors (Lipinski definition) is 4. The fourth-order valence-corrected chi connectivity index (χ4v) is 2.51. The molecule has 0 saturated heterocycles. The lowest BCUT2D eigenvalue weighted by molar-refractivity contribution is -0.0200. The van der Waals surface area contributed by atoms with Crippen molar-refractivity contribution in [3.05, 3.63) is 23.5 Å². The summed E-state index contributed by atoms with van der Waals surface area (Å²) < 4.78 is 7.71. The zero-order valence-electron chi connectivity index (χ0n) is 8.30. The third kappa shape index (κ3) is 1.78. The van der Waals surface area contributed by atoms with E-state index in [4.69, 9.17) is 10.5 Å². The minimum Gasteiger partial charge on any atom is -0.372 e. The summed E-state index contributed by atoms with van der Waals surface area (Å²) in [5, 5.41) is 2.03. The van der Waals surface area contributed by atoms with Crippen molar-refractivity contribution in [2.24, 2.45) is 5.73 Å². The van der Waals surface area contributed by atoms with Gasteiger partial charge in [-0.1, -0.05) is 0 Å². The molecule has 2 N–H and O–H groups in total. The fraction of sp³-hybridized carbons (Fsp3) is 0.500. The summed E-state index contributed by atoms with van der Waals surface area (Å²) in [5.74, 6) is 0. The van der Waals surface area contributed by atoms with Gasteiger partial charge in [-0.05, 0) is 12.8 Å². The highest BCUT2D eigenvalue weighted by molar-refractivity contribution is 7.15. The van der Waals surface area contributed by atoms with E-state index in [1.807, 2.05) is 22.2 Å². The third-order valence-corrected chi connectivity index (χ3v) is 3.51. The van der Waals surface area contributed by atoms with Gasteiger partial charge in [-0.15, -0.1) is 11.3 Å². The number of fused-ring (bicyclic) bond motifs is 1. The van der Waals surface area contributed by atoms with E-state index in [1.165, 1.54) is 0 Å². The maximum Gasteiger partial charge on any atom is 0.193 e. The lowest BCUT2D eigenvalue weighted by Crippen LogP contribution is -2.41. The van der Waals surface area contributed by atoms with Crippen molar-refractivity contribution in [1.82, 2.24) is 9.38 Å². The SMILES string of the molecule is NC1CC(OCc2cn3ccsc3n2)C1. The van der Waals surface area contributed by atoms with Gasteiger partial charge in [-0.3, -0.25) is 4.40 Å². The molecule has 2 aromatic rings. The molecule has 3 rings (SSSR count). The zero-order chi connectivity index (χ0) is 10.3. The number of hydrogen-bond donors (Lipinski definition) is 1.